The van der Waals surface area contributed by atoms with Crippen molar-refractivity contribution in [1.82, 2.24) is 14.9 Å². The van der Waals surface area contributed by atoms with Crippen molar-refractivity contribution in [3.05, 3.63) is 59.9 Å². The van der Waals surface area contributed by atoms with Gasteiger partial charge in [0.1, 0.15) is 5.82 Å². The van der Waals surface area contributed by atoms with Crippen molar-refractivity contribution in [2.24, 2.45) is 0 Å². The van der Waals surface area contributed by atoms with Gasteiger partial charge < -0.3 is 15.2 Å². The van der Waals surface area contributed by atoms with E-state index in [1.54, 1.807) is 6.07 Å². The zero-order valence-electron chi connectivity index (χ0n) is 15.0. The molecule has 28 heavy (non-hydrogen) atoms. The van der Waals surface area contributed by atoms with Crippen molar-refractivity contribution in [2.45, 2.75) is 24.9 Å². The molecule has 146 valence electrons. The first-order chi connectivity index (χ1) is 13.4. The second-order valence-electron chi connectivity index (χ2n) is 6.91. The van der Waals surface area contributed by atoms with Crippen LogP contribution < -0.4 is 5.32 Å². The van der Waals surface area contributed by atoms with Gasteiger partial charge in [-0.1, -0.05) is 18.2 Å². The normalized spacial score (nSPS) is 15.8. The summed E-state index contributed by atoms with van der Waals surface area (Å²) in [5, 5.41) is 3.38. The monoisotopic (exact) mass is 404 g/mol. The van der Waals surface area contributed by atoms with Crippen molar-refractivity contribution < 1.29 is 13.2 Å². The highest BCUT2D eigenvalue weighted by Gasteiger charge is 2.30. The van der Waals surface area contributed by atoms with Crippen LogP contribution in [0.15, 0.2) is 48.5 Å². The van der Waals surface area contributed by atoms with Gasteiger partial charge in [0.2, 0.25) is 0 Å². The van der Waals surface area contributed by atoms with Crippen molar-refractivity contribution in [2.75, 3.05) is 18.4 Å². The first-order valence-corrected chi connectivity index (χ1v) is 9.49. The Hall–Kier alpha value is -2.61. The third-order valence-corrected chi connectivity index (χ3v) is 5.38. The topological polar surface area (TPSA) is 44.0 Å². The molecule has 3 aromatic rings. The summed E-state index contributed by atoms with van der Waals surface area (Å²) in [5.74, 6) is 1.30. The highest BCUT2D eigenvalue weighted by Crippen LogP contribution is 2.31. The van der Waals surface area contributed by atoms with Crippen LogP contribution in [0.3, 0.4) is 0 Å². The van der Waals surface area contributed by atoms with E-state index in [1.165, 1.54) is 6.07 Å². The number of nitrogens with zero attached hydrogens (tertiary/aromatic N) is 2. The van der Waals surface area contributed by atoms with Crippen molar-refractivity contribution in [3.63, 3.8) is 0 Å². The number of benzene rings is 2. The van der Waals surface area contributed by atoms with E-state index < -0.39 is 11.7 Å². The van der Waals surface area contributed by atoms with Crippen LogP contribution in [0.5, 0.6) is 0 Å². The lowest BCUT2D eigenvalue weighted by Gasteiger charge is -2.33. The first-order valence-electron chi connectivity index (χ1n) is 9.08. The molecule has 4 rings (SSSR count). The number of likely N-dealkylation sites (tertiary alicyclic amines) is 1. The molecule has 1 aliphatic heterocycles. The van der Waals surface area contributed by atoms with Crippen molar-refractivity contribution in [3.8, 4) is 0 Å². The van der Waals surface area contributed by atoms with Crippen LogP contribution in [0.2, 0.25) is 0 Å². The van der Waals surface area contributed by atoms with Gasteiger partial charge in [-0.25, -0.2) is 4.98 Å². The van der Waals surface area contributed by atoms with E-state index in [1.807, 2.05) is 29.2 Å². The zero-order chi connectivity index (χ0) is 19.7. The molecule has 0 amide bonds. The standard InChI is InChI=1S/C20H19F3N4S/c21-20(22,23)14-4-3-5-15(12-14)24-19(28)27-10-8-13(9-11-27)18-25-16-6-1-2-7-17(16)26-18/h1-7,12-13H,8-11H2,(H,24,28)(H,25,26). The molecular formula is C20H19F3N4S. The Kier molecular flexibility index (Phi) is 4.97. The molecule has 8 heteroatoms. The molecule has 2 aromatic carbocycles. The molecule has 2 N–H and O–H groups in total. The second-order valence-corrected chi connectivity index (χ2v) is 7.30. The number of thiocarbonyl (C=S) groups is 1. The number of fused-ring (bicyclic) bond motifs is 1. The van der Waals surface area contributed by atoms with Gasteiger partial charge in [-0.3, -0.25) is 0 Å². The number of H-pyrrole nitrogens is 1. The number of aromatic nitrogens is 2. The van der Waals surface area contributed by atoms with Crippen LogP contribution in [-0.2, 0) is 6.18 Å². The number of anilines is 1. The lowest BCUT2D eigenvalue weighted by Crippen LogP contribution is -2.40. The Balaban J connectivity index is 1.37. The number of piperidine rings is 1. The number of rotatable bonds is 2. The molecule has 0 spiro atoms. The number of alkyl halides is 3. The SMILES string of the molecule is FC(F)(F)c1cccc(NC(=S)N2CCC(c3nc4ccccc4[nH]3)CC2)c1. The predicted octanol–water partition coefficient (Wildman–Crippen LogP) is 5.16. The van der Waals surface area contributed by atoms with E-state index in [4.69, 9.17) is 12.2 Å². The first kappa shape index (κ1) is 18.7. The van der Waals surface area contributed by atoms with Gasteiger partial charge in [-0.05, 0) is 55.4 Å². The van der Waals surface area contributed by atoms with Gasteiger partial charge in [0, 0.05) is 24.7 Å². The number of hydrogen-bond donors (Lipinski definition) is 2. The van der Waals surface area contributed by atoms with E-state index in [9.17, 15) is 13.2 Å². The summed E-state index contributed by atoms with van der Waals surface area (Å²) < 4.78 is 38.6. The lowest BCUT2D eigenvalue weighted by atomic mass is 9.96. The lowest BCUT2D eigenvalue weighted by molar-refractivity contribution is -0.137. The zero-order valence-corrected chi connectivity index (χ0v) is 15.8. The Labute approximate surface area is 165 Å². The molecule has 2 heterocycles. The summed E-state index contributed by atoms with van der Waals surface area (Å²) >= 11 is 5.41. The fourth-order valence-electron chi connectivity index (χ4n) is 3.50. The van der Waals surface area contributed by atoms with Crippen LogP contribution in [0.4, 0.5) is 18.9 Å². The number of aromatic amines is 1. The van der Waals surface area contributed by atoms with Gasteiger partial charge in [-0.15, -0.1) is 0 Å². The Bertz CT molecular complexity index is 957. The third kappa shape index (κ3) is 3.96. The molecule has 0 bridgehead atoms. The molecule has 0 atom stereocenters. The molecule has 1 aromatic heterocycles. The average Bonchev–Trinajstić information content (AvgIpc) is 3.12. The number of hydrogen-bond acceptors (Lipinski definition) is 2. The number of imidazole rings is 1. The smallest absolute Gasteiger partial charge is 0.349 e. The van der Waals surface area contributed by atoms with Gasteiger partial charge in [-0.2, -0.15) is 13.2 Å². The molecule has 0 aliphatic carbocycles. The Morgan fingerprint density at radius 1 is 1.11 bits per heavy atom. The van der Waals surface area contributed by atoms with E-state index in [2.05, 4.69) is 15.3 Å². The molecular weight excluding hydrogens is 385 g/mol. The molecule has 4 nitrogen and oxygen atoms in total. The van der Waals surface area contributed by atoms with Gasteiger partial charge in [0.05, 0.1) is 16.6 Å². The minimum Gasteiger partial charge on any atom is -0.349 e. The minimum absolute atomic E-state index is 0.319. The molecule has 0 unspecified atom stereocenters. The van der Waals surface area contributed by atoms with E-state index in [0.717, 1.165) is 54.9 Å². The second kappa shape index (κ2) is 7.43. The number of nitrogens with one attached hydrogen (secondary N) is 2. The summed E-state index contributed by atoms with van der Waals surface area (Å²) in [6.45, 7) is 1.46. The summed E-state index contributed by atoms with van der Waals surface area (Å²) in [7, 11) is 0. The number of halogens is 3. The maximum absolute atomic E-state index is 12.9. The van der Waals surface area contributed by atoms with Crippen LogP contribution >= 0.6 is 12.2 Å². The molecule has 1 aliphatic rings. The maximum Gasteiger partial charge on any atom is 0.416 e. The predicted molar refractivity (Wildman–Crippen MR) is 107 cm³/mol. The highest BCUT2D eigenvalue weighted by atomic mass is 32.1. The van der Waals surface area contributed by atoms with Gasteiger partial charge in [0.25, 0.3) is 0 Å². The summed E-state index contributed by atoms with van der Waals surface area (Å²) in [4.78, 5) is 10.1. The molecule has 0 radical (unpaired) electrons. The average molecular weight is 404 g/mol. The maximum atomic E-state index is 12.9. The Morgan fingerprint density at radius 2 is 1.86 bits per heavy atom. The fourth-order valence-corrected chi connectivity index (χ4v) is 3.80. The van der Waals surface area contributed by atoms with Crippen LogP contribution in [0.25, 0.3) is 11.0 Å². The van der Waals surface area contributed by atoms with Gasteiger partial charge in [0.15, 0.2) is 5.11 Å². The summed E-state index contributed by atoms with van der Waals surface area (Å²) in [6.07, 6.45) is -2.61. The van der Waals surface area contributed by atoms with E-state index in [-0.39, 0.29) is 0 Å². The van der Waals surface area contributed by atoms with Crippen LogP contribution in [0, 0.1) is 0 Å². The largest absolute Gasteiger partial charge is 0.416 e. The summed E-state index contributed by atoms with van der Waals surface area (Å²) in [6, 6.07) is 13.0. The summed E-state index contributed by atoms with van der Waals surface area (Å²) in [5.41, 5.74) is 1.64. The Morgan fingerprint density at radius 3 is 2.57 bits per heavy atom. The quantitative estimate of drug-likeness (QED) is 0.579. The van der Waals surface area contributed by atoms with Gasteiger partial charge >= 0.3 is 6.18 Å². The van der Waals surface area contributed by atoms with Crippen LogP contribution in [-0.4, -0.2) is 33.1 Å². The molecule has 0 saturated carbocycles. The minimum atomic E-state index is -4.37. The van der Waals surface area contributed by atoms with Crippen molar-refractivity contribution in [1.29, 1.82) is 0 Å². The van der Waals surface area contributed by atoms with E-state index in [0.29, 0.717) is 16.7 Å². The van der Waals surface area contributed by atoms with E-state index >= 15 is 0 Å². The molecule has 1 saturated heterocycles. The van der Waals surface area contributed by atoms with Crippen LogP contribution in [0.1, 0.15) is 30.1 Å². The number of para-hydroxylation sites is 2. The third-order valence-electron chi connectivity index (χ3n) is 5.02. The molecule has 1 fully saturated rings. The van der Waals surface area contributed by atoms with Crippen molar-refractivity contribution >= 4 is 34.1 Å². The highest BCUT2D eigenvalue weighted by molar-refractivity contribution is 7.80. The fraction of sp³-hybridized carbons (Fsp3) is 0.300.